The summed E-state index contributed by atoms with van der Waals surface area (Å²) in [7, 11) is 1.42. The fourth-order valence-electron chi connectivity index (χ4n) is 2.09. The number of fused-ring (bicyclic) bond motifs is 1. The van der Waals surface area contributed by atoms with Gasteiger partial charge in [-0.3, -0.25) is 4.79 Å². The summed E-state index contributed by atoms with van der Waals surface area (Å²) in [6.07, 6.45) is 0. The Labute approximate surface area is 128 Å². The van der Waals surface area contributed by atoms with Crippen molar-refractivity contribution in [3.8, 4) is 5.88 Å². The van der Waals surface area contributed by atoms with E-state index in [0.29, 0.717) is 23.0 Å². The highest BCUT2D eigenvalue weighted by Crippen LogP contribution is 2.26. The first-order valence-corrected chi connectivity index (χ1v) is 7.89. The Morgan fingerprint density at radius 2 is 2.14 bits per heavy atom. The van der Waals surface area contributed by atoms with Gasteiger partial charge in [-0.2, -0.15) is 0 Å². The Balaban J connectivity index is 2.06. The topological polar surface area (TPSA) is 79.2 Å². The van der Waals surface area contributed by atoms with Crippen LogP contribution < -0.4 is 15.6 Å². The predicted octanol–water partition coefficient (Wildman–Crippen LogP) is 1.77. The van der Waals surface area contributed by atoms with Gasteiger partial charge in [0.25, 0.3) is 5.56 Å². The molecule has 0 bridgehead atoms. The second-order valence-corrected chi connectivity index (χ2v) is 6.32. The second-order valence-electron chi connectivity index (χ2n) is 4.42. The first kappa shape index (κ1) is 14.2. The minimum absolute atomic E-state index is 0.136. The number of hydrogen-bond donors (Lipinski definition) is 1. The highest BCUT2D eigenvalue weighted by atomic mass is 35.5. The van der Waals surface area contributed by atoms with Crippen molar-refractivity contribution in [1.82, 2.24) is 9.55 Å². The number of anilines is 2. The van der Waals surface area contributed by atoms with Crippen molar-refractivity contribution in [1.29, 1.82) is 0 Å². The van der Waals surface area contributed by atoms with Crippen molar-refractivity contribution in [2.45, 2.75) is 11.7 Å². The number of nitrogens with one attached hydrogen (secondary N) is 1. The quantitative estimate of drug-likeness (QED) is 0.687. The van der Waals surface area contributed by atoms with Crippen molar-refractivity contribution in [2.75, 3.05) is 18.2 Å². The number of halogens is 1. The van der Waals surface area contributed by atoms with E-state index in [1.54, 1.807) is 24.3 Å². The highest BCUT2D eigenvalue weighted by Gasteiger charge is 2.31. The Hall–Kier alpha value is -1.70. The largest absolute Gasteiger partial charge is 0.609 e. The number of ether oxygens (including phenoxy) is 1. The van der Waals surface area contributed by atoms with Gasteiger partial charge in [0, 0.05) is 21.9 Å². The SMILES string of the molecule is COc1nc2n(c(=O)c1Nc1ccc(Cl)cc1)CC[S+]2[O-]. The van der Waals surface area contributed by atoms with Crippen LogP contribution in [0, 0.1) is 0 Å². The lowest BCUT2D eigenvalue weighted by molar-refractivity contribution is 0.389. The molecule has 110 valence electrons. The summed E-state index contributed by atoms with van der Waals surface area (Å²) < 4.78 is 18.4. The molecule has 0 saturated carbocycles. The molecule has 2 heterocycles. The maximum atomic E-state index is 12.5. The van der Waals surface area contributed by atoms with Crippen LogP contribution in [0.3, 0.4) is 0 Å². The van der Waals surface area contributed by atoms with Crippen molar-refractivity contribution in [3.63, 3.8) is 0 Å². The molecule has 0 amide bonds. The minimum Gasteiger partial charge on any atom is -0.609 e. The molecule has 3 rings (SSSR count). The predicted molar refractivity (Wildman–Crippen MR) is 81.1 cm³/mol. The summed E-state index contributed by atoms with van der Waals surface area (Å²) >= 11 is 4.58. The number of benzene rings is 1. The van der Waals surface area contributed by atoms with Crippen molar-refractivity contribution in [3.05, 3.63) is 39.6 Å². The summed E-state index contributed by atoms with van der Waals surface area (Å²) in [6.45, 7) is 0.396. The standard InChI is InChI=1S/C13H12ClN3O3S/c1-20-11-10(15-9-4-2-8(14)3-5-9)12(18)17-6-7-21(19)13(17)16-11/h2-5,15H,6-7H2,1H3. The van der Waals surface area contributed by atoms with E-state index in [9.17, 15) is 9.35 Å². The van der Waals surface area contributed by atoms with Crippen LogP contribution in [0.4, 0.5) is 11.4 Å². The number of hydrogen-bond acceptors (Lipinski definition) is 5. The Bertz CT molecular complexity index is 733. The van der Waals surface area contributed by atoms with Gasteiger partial charge in [-0.1, -0.05) is 11.6 Å². The van der Waals surface area contributed by atoms with Gasteiger partial charge >= 0.3 is 5.16 Å². The monoisotopic (exact) mass is 325 g/mol. The molecule has 0 aliphatic carbocycles. The molecule has 21 heavy (non-hydrogen) atoms. The fraction of sp³-hybridized carbons (Fsp3) is 0.231. The van der Waals surface area contributed by atoms with Gasteiger partial charge in [0.1, 0.15) is 5.75 Å². The first-order chi connectivity index (χ1) is 10.1. The molecule has 0 saturated heterocycles. The minimum atomic E-state index is -1.25. The summed E-state index contributed by atoms with van der Waals surface area (Å²) in [5.41, 5.74) is 0.622. The molecule has 1 aliphatic rings. The van der Waals surface area contributed by atoms with E-state index in [0.717, 1.165) is 0 Å². The van der Waals surface area contributed by atoms with E-state index >= 15 is 0 Å². The van der Waals surface area contributed by atoms with Crippen molar-refractivity contribution < 1.29 is 9.29 Å². The maximum Gasteiger partial charge on any atom is 0.329 e. The summed E-state index contributed by atoms with van der Waals surface area (Å²) in [5, 5.41) is 3.85. The molecule has 8 heteroatoms. The van der Waals surface area contributed by atoms with E-state index in [-0.39, 0.29) is 22.3 Å². The number of aromatic nitrogens is 2. The van der Waals surface area contributed by atoms with E-state index in [2.05, 4.69) is 10.3 Å². The molecule has 0 fully saturated rings. The molecule has 0 spiro atoms. The van der Waals surface area contributed by atoms with E-state index in [1.165, 1.54) is 11.7 Å². The van der Waals surface area contributed by atoms with E-state index < -0.39 is 11.2 Å². The van der Waals surface area contributed by atoms with Gasteiger partial charge < -0.3 is 14.6 Å². The molecule has 1 aromatic heterocycles. The summed E-state index contributed by atoms with van der Waals surface area (Å²) in [5.74, 6) is 0.534. The fourth-order valence-corrected chi connectivity index (χ4v) is 3.35. The first-order valence-electron chi connectivity index (χ1n) is 6.20. The lowest BCUT2D eigenvalue weighted by atomic mass is 10.3. The molecule has 6 nitrogen and oxygen atoms in total. The Morgan fingerprint density at radius 3 is 2.81 bits per heavy atom. The highest BCUT2D eigenvalue weighted by molar-refractivity contribution is 7.91. The summed E-state index contributed by atoms with van der Waals surface area (Å²) in [6, 6.07) is 6.92. The molecule has 1 aliphatic heterocycles. The molecule has 0 radical (unpaired) electrons. The van der Waals surface area contributed by atoms with Gasteiger partial charge in [-0.05, 0) is 24.3 Å². The number of rotatable bonds is 3. The van der Waals surface area contributed by atoms with Crippen LogP contribution in [0.15, 0.2) is 34.2 Å². The molecule has 2 aromatic rings. The molecular formula is C13H12ClN3O3S. The van der Waals surface area contributed by atoms with E-state index in [1.807, 2.05) is 0 Å². The van der Waals surface area contributed by atoms with Crippen LogP contribution in [0.1, 0.15) is 0 Å². The average Bonchev–Trinajstić information content (AvgIpc) is 2.85. The van der Waals surface area contributed by atoms with Gasteiger partial charge in [0.15, 0.2) is 5.69 Å². The van der Waals surface area contributed by atoms with Crippen molar-refractivity contribution in [2.24, 2.45) is 0 Å². The van der Waals surface area contributed by atoms with Gasteiger partial charge in [-0.25, -0.2) is 4.57 Å². The lowest BCUT2D eigenvalue weighted by Crippen LogP contribution is -2.24. The molecule has 1 unspecified atom stereocenters. The maximum absolute atomic E-state index is 12.5. The third-order valence-electron chi connectivity index (χ3n) is 3.11. The zero-order valence-corrected chi connectivity index (χ0v) is 12.7. The number of nitrogens with zero attached hydrogens (tertiary/aromatic N) is 2. The number of methoxy groups -OCH3 is 1. The molecule has 1 atom stereocenters. The van der Waals surface area contributed by atoms with Gasteiger partial charge in [0.05, 0.1) is 13.7 Å². The molecular weight excluding hydrogens is 314 g/mol. The van der Waals surface area contributed by atoms with Crippen LogP contribution in [0.5, 0.6) is 5.88 Å². The Kier molecular flexibility index (Phi) is 3.79. The smallest absolute Gasteiger partial charge is 0.329 e. The van der Waals surface area contributed by atoms with E-state index in [4.69, 9.17) is 16.3 Å². The lowest BCUT2D eigenvalue weighted by Gasteiger charge is -2.11. The van der Waals surface area contributed by atoms with Crippen LogP contribution in [-0.2, 0) is 17.7 Å². The summed E-state index contributed by atoms with van der Waals surface area (Å²) in [4.78, 5) is 16.7. The van der Waals surface area contributed by atoms with Crippen molar-refractivity contribution >= 4 is 34.2 Å². The third kappa shape index (κ3) is 2.59. The molecule has 1 aromatic carbocycles. The average molecular weight is 326 g/mol. The van der Waals surface area contributed by atoms with Gasteiger partial charge in [-0.15, -0.1) is 4.98 Å². The molecule has 1 N–H and O–H groups in total. The zero-order chi connectivity index (χ0) is 15.0. The second kappa shape index (κ2) is 5.59. The normalized spacial score (nSPS) is 16.6. The third-order valence-corrected chi connectivity index (χ3v) is 4.64. The Morgan fingerprint density at radius 1 is 1.43 bits per heavy atom. The van der Waals surface area contributed by atoms with Crippen LogP contribution in [0.25, 0.3) is 0 Å². The van der Waals surface area contributed by atoms with Crippen LogP contribution in [0.2, 0.25) is 5.02 Å². The zero-order valence-electron chi connectivity index (χ0n) is 11.1. The van der Waals surface area contributed by atoms with Crippen LogP contribution >= 0.6 is 11.6 Å². The van der Waals surface area contributed by atoms with Crippen LogP contribution in [-0.4, -0.2) is 27.0 Å². The van der Waals surface area contributed by atoms with Gasteiger partial charge in [0.2, 0.25) is 5.88 Å².